The number of benzene rings is 1. The number of rotatable bonds is 4. The molecule has 0 spiro atoms. The molecule has 0 aromatic heterocycles. The van der Waals surface area contributed by atoms with Crippen LogP contribution in [0.4, 0.5) is 5.69 Å². The van der Waals surface area contributed by atoms with Gasteiger partial charge in [-0.15, -0.1) is 0 Å². The number of halogens is 1. The molecule has 0 aliphatic heterocycles. The summed E-state index contributed by atoms with van der Waals surface area (Å²) in [4.78, 5) is 21.9. The molecule has 0 fully saturated rings. The van der Waals surface area contributed by atoms with Crippen molar-refractivity contribution in [3.05, 3.63) is 39.4 Å². The summed E-state index contributed by atoms with van der Waals surface area (Å²) in [7, 11) is 1.21. The van der Waals surface area contributed by atoms with Gasteiger partial charge in [0, 0.05) is 11.8 Å². The van der Waals surface area contributed by atoms with Gasteiger partial charge in [0.2, 0.25) is 0 Å². The Balaban J connectivity index is 0.00000324. The molecule has 0 saturated heterocycles. The van der Waals surface area contributed by atoms with E-state index in [4.69, 9.17) is 11.1 Å². The number of esters is 1. The molecule has 0 atom stereocenters. The molecule has 0 aliphatic rings. The van der Waals surface area contributed by atoms with Gasteiger partial charge in [0.15, 0.2) is 0 Å². The van der Waals surface area contributed by atoms with Crippen LogP contribution in [0.15, 0.2) is 18.2 Å². The molecule has 0 unspecified atom stereocenters. The number of thioether (sulfide) groups is 1. The molecule has 1 aromatic rings. The maximum Gasteiger partial charge on any atom is 0.338 e. The number of hydrogen-bond acceptors (Lipinski definition) is 5. The summed E-state index contributed by atoms with van der Waals surface area (Å²) in [5.41, 5.74) is 5.52. The lowest BCUT2D eigenvalue weighted by atomic mass is 10.1. The lowest BCUT2D eigenvalue weighted by Crippen LogP contribution is -3.00. The number of methoxy groups -OCH3 is 1. The van der Waals surface area contributed by atoms with Crippen molar-refractivity contribution in [1.29, 1.82) is 0 Å². The molecule has 1 rings (SSSR count). The monoisotopic (exact) mass is 349 g/mol. The fourth-order valence-electron chi connectivity index (χ4n) is 1.35. The maximum absolute atomic E-state index is 11.5. The first-order valence-electron chi connectivity index (χ1n) is 4.82. The third-order valence-corrected chi connectivity index (χ3v) is 2.90. The van der Waals surface area contributed by atoms with Crippen LogP contribution in [0.25, 0.3) is 0 Å². The number of amidine groups is 1. The van der Waals surface area contributed by atoms with Gasteiger partial charge in [0.05, 0.1) is 23.2 Å². The second kappa shape index (κ2) is 7.74. The Morgan fingerprint density at radius 3 is 2.68 bits per heavy atom. The van der Waals surface area contributed by atoms with E-state index in [2.05, 4.69) is 4.74 Å². The second-order valence-corrected chi connectivity index (χ2v) is 4.29. The van der Waals surface area contributed by atoms with Gasteiger partial charge < -0.3 is 21.7 Å². The van der Waals surface area contributed by atoms with Crippen molar-refractivity contribution in [2.45, 2.75) is 5.75 Å². The van der Waals surface area contributed by atoms with E-state index in [9.17, 15) is 14.9 Å². The molecule has 0 heterocycles. The lowest BCUT2D eigenvalue weighted by molar-refractivity contribution is -0.385. The van der Waals surface area contributed by atoms with Crippen LogP contribution in [-0.4, -0.2) is 23.2 Å². The predicted molar refractivity (Wildman–Crippen MR) is 66.9 cm³/mol. The van der Waals surface area contributed by atoms with Crippen molar-refractivity contribution >= 4 is 28.6 Å². The number of nitro benzene ring substituents is 1. The third-order valence-electron chi connectivity index (χ3n) is 2.14. The van der Waals surface area contributed by atoms with Crippen LogP contribution in [0.5, 0.6) is 0 Å². The van der Waals surface area contributed by atoms with E-state index in [1.54, 1.807) is 0 Å². The highest BCUT2D eigenvalue weighted by Crippen LogP contribution is 2.26. The Morgan fingerprint density at radius 2 is 2.21 bits per heavy atom. The van der Waals surface area contributed by atoms with Gasteiger partial charge >= 0.3 is 5.97 Å². The summed E-state index contributed by atoms with van der Waals surface area (Å²) >= 11 is 1.02. The van der Waals surface area contributed by atoms with E-state index in [0.717, 1.165) is 11.8 Å². The molecule has 9 heteroatoms. The summed E-state index contributed by atoms with van der Waals surface area (Å²) < 4.78 is 4.58. The first-order valence-corrected chi connectivity index (χ1v) is 5.81. The van der Waals surface area contributed by atoms with Crippen molar-refractivity contribution in [2.75, 3.05) is 7.11 Å². The molecule has 0 aliphatic carbocycles. The predicted octanol–water partition coefficient (Wildman–Crippen LogP) is -3.31. The van der Waals surface area contributed by atoms with Gasteiger partial charge in [-0.25, -0.2) is 4.79 Å². The highest BCUT2D eigenvalue weighted by molar-refractivity contribution is 8.12. The minimum atomic E-state index is -0.634. The zero-order chi connectivity index (χ0) is 13.7. The van der Waals surface area contributed by atoms with Crippen LogP contribution >= 0.6 is 11.8 Å². The molecule has 1 aromatic carbocycles. The van der Waals surface area contributed by atoms with Gasteiger partial charge in [-0.2, -0.15) is 0 Å². The summed E-state index contributed by atoms with van der Waals surface area (Å²) in [6.45, 7) is 0. The number of nitro groups is 1. The standard InChI is InChI=1S/C10H11N3O4S.BrH/c1-17-9(14)6-3-2-4-8(13(15)16)7(6)5-18-10(11)12;/h2-4H,5H2,1H3,(H3,11,12);1H. The largest absolute Gasteiger partial charge is 1.00 e. The number of nitrogens with two attached hydrogens (primary N) is 2. The number of carbonyl (C=O) groups is 1. The lowest BCUT2D eigenvalue weighted by Gasteiger charge is -2.06. The normalized spacial score (nSPS) is 9.32. The Hall–Kier alpha value is -1.61. The molecule has 104 valence electrons. The maximum atomic E-state index is 11.5. The van der Waals surface area contributed by atoms with Crippen LogP contribution in [0, 0.1) is 10.1 Å². The van der Waals surface area contributed by atoms with Crippen molar-refractivity contribution < 1.29 is 36.8 Å². The molecule has 0 amide bonds. The molecule has 19 heavy (non-hydrogen) atoms. The summed E-state index contributed by atoms with van der Waals surface area (Å²) in [5.74, 6) is -0.505. The van der Waals surface area contributed by atoms with Gasteiger partial charge in [0.25, 0.3) is 10.9 Å². The molecular weight excluding hydrogens is 338 g/mol. The average molecular weight is 350 g/mol. The van der Waals surface area contributed by atoms with Gasteiger partial charge in [0.1, 0.15) is 0 Å². The van der Waals surface area contributed by atoms with Crippen LogP contribution in [0.1, 0.15) is 15.9 Å². The van der Waals surface area contributed by atoms with Crippen molar-refractivity contribution in [1.82, 2.24) is 0 Å². The van der Waals surface area contributed by atoms with Crippen molar-refractivity contribution in [3.8, 4) is 0 Å². The molecule has 0 radical (unpaired) electrons. The average Bonchev–Trinajstić information content (AvgIpc) is 2.34. The highest BCUT2D eigenvalue weighted by Gasteiger charge is 2.22. The SMILES string of the molecule is COC(=O)c1cccc([N+](=O)[O-])c1CSC(N)=[NH2+].[Br-]. The van der Waals surface area contributed by atoms with Crippen LogP contribution in [0.3, 0.4) is 0 Å². The topological polar surface area (TPSA) is 121 Å². The van der Waals surface area contributed by atoms with E-state index in [0.29, 0.717) is 0 Å². The Morgan fingerprint density at radius 1 is 1.58 bits per heavy atom. The number of hydrogen-bond donors (Lipinski definition) is 2. The smallest absolute Gasteiger partial charge is 0.338 e. The van der Waals surface area contributed by atoms with Gasteiger partial charge in [-0.3, -0.25) is 21.3 Å². The van der Waals surface area contributed by atoms with E-state index >= 15 is 0 Å². The fourth-order valence-corrected chi connectivity index (χ4v) is 1.97. The summed E-state index contributed by atoms with van der Waals surface area (Å²) in [5, 5.41) is 16.3. The molecule has 7 nitrogen and oxygen atoms in total. The van der Waals surface area contributed by atoms with E-state index in [1.165, 1.54) is 25.3 Å². The zero-order valence-corrected chi connectivity index (χ0v) is 12.4. The quantitative estimate of drug-likeness (QED) is 0.193. The first-order chi connectivity index (χ1) is 8.47. The van der Waals surface area contributed by atoms with E-state index in [1.807, 2.05) is 0 Å². The fraction of sp³-hybridized carbons (Fsp3) is 0.200. The van der Waals surface area contributed by atoms with E-state index < -0.39 is 10.9 Å². The molecular formula is C10H12BrN3O4S. The minimum absolute atomic E-state index is 0. The second-order valence-electron chi connectivity index (χ2n) is 3.24. The number of carbonyl (C=O) groups excluding carboxylic acids is 1. The molecule has 0 saturated carbocycles. The van der Waals surface area contributed by atoms with Gasteiger partial charge in [-0.1, -0.05) is 6.07 Å². The third kappa shape index (κ3) is 4.52. The van der Waals surface area contributed by atoms with Crippen LogP contribution in [0.2, 0.25) is 0 Å². The van der Waals surface area contributed by atoms with Crippen molar-refractivity contribution in [3.63, 3.8) is 0 Å². The van der Waals surface area contributed by atoms with Crippen LogP contribution in [-0.2, 0) is 10.5 Å². The zero-order valence-electron chi connectivity index (χ0n) is 9.96. The van der Waals surface area contributed by atoms with Crippen LogP contribution < -0.4 is 28.1 Å². The summed E-state index contributed by atoms with van der Waals surface area (Å²) in [6, 6.07) is 4.20. The first kappa shape index (κ1) is 17.4. The molecule has 0 bridgehead atoms. The van der Waals surface area contributed by atoms with Crippen molar-refractivity contribution in [2.24, 2.45) is 5.73 Å². The Kier molecular flexibility index (Phi) is 7.09. The highest BCUT2D eigenvalue weighted by atomic mass is 79.9. The van der Waals surface area contributed by atoms with E-state index in [-0.39, 0.29) is 44.7 Å². The number of ether oxygens (including phenoxy) is 1. The Labute approximate surface area is 123 Å². The Bertz CT molecular complexity index is 510. The molecule has 4 N–H and O–H groups in total. The summed E-state index contributed by atoms with van der Waals surface area (Å²) in [6.07, 6.45) is 0. The number of nitrogens with zero attached hydrogens (tertiary/aromatic N) is 1. The van der Waals surface area contributed by atoms with Gasteiger partial charge in [-0.05, 0) is 17.8 Å². The minimum Gasteiger partial charge on any atom is -1.00 e.